The zero-order valence-corrected chi connectivity index (χ0v) is 18.0. The van der Waals surface area contributed by atoms with E-state index in [4.69, 9.17) is 22.1 Å². The van der Waals surface area contributed by atoms with Gasteiger partial charge in [0.2, 0.25) is 0 Å². The number of piperidine rings is 1. The number of likely N-dealkylation sites (tertiary alicyclic amines) is 1. The first-order chi connectivity index (χ1) is 13.2. The molecular formula is C20H31ClN5O2+. The van der Waals surface area contributed by atoms with Crippen molar-refractivity contribution in [2.75, 3.05) is 39.1 Å². The highest BCUT2D eigenvalue weighted by atomic mass is 35.5. The van der Waals surface area contributed by atoms with Crippen LogP contribution in [0, 0.1) is 6.92 Å². The second-order valence-corrected chi connectivity index (χ2v) is 8.91. The molecule has 1 aliphatic rings. The highest BCUT2D eigenvalue weighted by Crippen LogP contribution is 2.26. The molecule has 1 amide bonds. The monoisotopic (exact) mass is 408 g/mol. The van der Waals surface area contributed by atoms with Crippen LogP contribution in [0.4, 0.5) is 5.82 Å². The number of amides is 1. The van der Waals surface area contributed by atoms with Gasteiger partial charge in [0.15, 0.2) is 12.3 Å². The number of hydrogen-bond donors (Lipinski definition) is 2. The SMILES string of the molecule is COC(C)(C)C[N+]1(CNC(=O)c2cc(Cl)c(N)n3cc(C)nc23)CCCCC1. The number of rotatable bonds is 6. The van der Waals surface area contributed by atoms with Crippen molar-refractivity contribution in [1.82, 2.24) is 14.7 Å². The van der Waals surface area contributed by atoms with Crippen molar-refractivity contribution in [2.45, 2.75) is 45.6 Å². The van der Waals surface area contributed by atoms with E-state index >= 15 is 0 Å². The summed E-state index contributed by atoms with van der Waals surface area (Å²) in [6, 6.07) is 1.60. The molecular weight excluding hydrogens is 378 g/mol. The summed E-state index contributed by atoms with van der Waals surface area (Å²) >= 11 is 6.25. The first-order valence-corrected chi connectivity index (χ1v) is 10.2. The maximum atomic E-state index is 13.0. The van der Waals surface area contributed by atoms with Gasteiger partial charge in [0.05, 0.1) is 29.4 Å². The van der Waals surface area contributed by atoms with E-state index < -0.39 is 0 Å². The fourth-order valence-electron chi connectivity index (χ4n) is 4.18. The minimum atomic E-state index is -0.250. The van der Waals surface area contributed by atoms with Crippen molar-refractivity contribution in [1.29, 1.82) is 0 Å². The molecule has 3 rings (SSSR count). The molecule has 0 spiro atoms. The lowest BCUT2D eigenvalue weighted by atomic mass is 10.0. The lowest BCUT2D eigenvalue weighted by Crippen LogP contribution is -2.61. The third-order valence-electron chi connectivity index (χ3n) is 5.70. The van der Waals surface area contributed by atoms with Crippen molar-refractivity contribution < 1.29 is 14.0 Å². The standard InChI is InChI=1S/C20H30ClN5O2/c1-14-11-25-17(22)16(21)10-15(18(25)24-14)19(27)23-13-26(8-6-5-7-9-26)12-20(2,3)28-4/h10-11H,5-9,12-13H2,1-4H3,(H2-,22,23,24,27)/p+1. The average molecular weight is 409 g/mol. The Morgan fingerprint density at radius 1 is 1.39 bits per heavy atom. The Bertz CT molecular complexity index is 871. The number of aryl methyl sites for hydroxylation is 1. The van der Waals surface area contributed by atoms with Crippen LogP contribution in [0.15, 0.2) is 12.3 Å². The van der Waals surface area contributed by atoms with Crippen molar-refractivity contribution in [3.8, 4) is 0 Å². The molecule has 28 heavy (non-hydrogen) atoms. The van der Waals surface area contributed by atoms with Gasteiger partial charge < -0.3 is 20.3 Å². The summed E-state index contributed by atoms with van der Waals surface area (Å²) in [5.74, 6) is 0.200. The summed E-state index contributed by atoms with van der Waals surface area (Å²) in [4.78, 5) is 17.5. The number of methoxy groups -OCH3 is 1. The number of nitrogens with zero attached hydrogens (tertiary/aromatic N) is 3. The highest BCUT2D eigenvalue weighted by Gasteiger charge is 2.37. The largest absolute Gasteiger partial charge is 0.384 e. The Morgan fingerprint density at radius 3 is 2.71 bits per heavy atom. The van der Waals surface area contributed by atoms with Crippen LogP contribution in [0.5, 0.6) is 0 Å². The van der Waals surface area contributed by atoms with Crippen LogP contribution in [0.3, 0.4) is 0 Å². The van der Waals surface area contributed by atoms with Crippen molar-refractivity contribution in [2.24, 2.45) is 0 Å². The van der Waals surface area contributed by atoms with Crippen molar-refractivity contribution in [3.05, 3.63) is 28.5 Å². The first-order valence-electron chi connectivity index (χ1n) is 9.78. The van der Waals surface area contributed by atoms with Crippen molar-refractivity contribution in [3.63, 3.8) is 0 Å². The number of hydrogen-bond acceptors (Lipinski definition) is 4. The Balaban J connectivity index is 1.84. The number of imidazole rings is 1. The number of ether oxygens (including phenoxy) is 1. The molecule has 1 saturated heterocycles. The van der Waals surface area contributed by atoms with Gasteiger partial charge in [-0.05, 0) is 46.1 Å². The van der Waals surface area contributed by atoms with Gasteiger partial charge in [-0.2, -0.15) is 0 Å². The van der Waals surface area contributed by atoms with E-state index in [1.807, 2.05) is 6.92 Å². The fourth-order valence-corrected chi connectivity index (χ4v) is 4.38. The van der Waals surface area contributed by atoms with E-state index in [0.717, 1.165) is 42.7 Å². The van der Waals surface area contributed by atoms with Crippen LogP contribution < -0.4 is 11.1 Å². The summed E-state index contributed by atoms with van der Waals surface area (Å²) < 4.78 is 8.16. The van der Waals surface area contributed by atoms with Gasteiger partial charge in [0.25, 0.3) is 5.91 Å². The number of aromatic nitrogens is 2. The lowest BCUT2D eigenvalue weighted by Gasteiger charge is -2.45. The highest BCUT2D eigenvalue weighted by molar-refractivity contribution is 6.33. The first kappa shape index (κ1) is 20.9. The average Bonchev–Trinajstić information content (AvgIpc) is 3.05. The Labute approximate surface area is 171 Å². The zero-order chi connectivity index (χ0) is 20.5. The van der Waals surface area contributed by atoms with Crippen LogP contribution >= 0.6 is 11.6 Å². The molecule has 154 valence electrons. The molecule has 1 fully saturated rings. The number of pyridine rings is 1. The Kier molecular flexibility index (Phi) is 5.89. The molecule has 3 N–H and O–H groups in total. The molecule has 8 heteroatoms. The number of nitrogens with one attached hydrogen (secondary N) is 1. The number of carbonyl (C=O) groups excluding carboxylic acids is 1. The summed E-state index contributed by atoms with van der Waals surface area (Å²) in [5.41, 5.74) is 7.54. The number of halogens is 1. The molecule has 3 heterocycles. The van der Waals surface area contributed by atoms with Gasteiger partial charge in [-0.3, -0.25) is 9.20 Å². The fraction of sp³-hybridized carbons (Fsp3) is 0.600. The number of quaternary nitrogens is 1. The maximum Gasteiger partial charge on any atom is 0.259 e. The molecule has 2 aromatic rings. The lowest BCUT2D eigenvalue weighted by molar-refractivity contribution is -0.939. The summed E-state index contributed by atoms with van der Waals surface area (Å²) in [7, 11) is 1.74. The predicted molar refractivity (Wildman–Crippen MR) is 111 cm³/mol. The number of carbonyl (C=O) groups is 1. The number of nitrogens with two attached hydrogens (primary N) is 1. The molecule has 0 unspecified atom stereocenters. The van der Waals surface area contributed by atoms with E-state index in [0.29, 0.717) is 28.7 Å². The Hall–Kier alpha value is -1.83. The summed E-state index contributed by atoms with van der Waals surface area (Å²) in [5, 5.41) is 3.47. The molecule has 2 aromatic heterocycles. The second kappa shape index (κ2) is 7.89. The molecule has 0 bridgehead atoms. The molecule has 0 aliphatic carbocycles. The van der Waals surface area contributed by atoms with Crippen molar-refractivity contribution >= 4 is 29.0 Å². The van der Waals surface area contributed by atoms with E-state index in [1.165, 1.54) is 6.42 Å². The van der Waals surface area contributed by atoms with Crippen LogP contribution in [0.25, 0.3) is 5.65 Å². The van der Waals surface area contributed by atoms with Gasteiger partial charge in [-0.25, -0.2) is 4.98 Å². The van der Waals surface area contributed by atoms with E-state index in [2.05, 4.69) is 24.1 Å². The van der Waals surface area contributed by atoms with Crippen LogP contribution in [0.1, 0.15) is 49.2 Å². The van der Waals surface area contributed by atoms with Crippen LogP contribution in [-0.4, -0.2) is 58.8 Å². The van der Waals surface area contributed by atoms with Gasteiger partial charge in [-0.15, -0.1) is 0 Å². The number of fused-ring (bicyclic) bond motifs is 1. The van der Waals surface area contributed by atoms with E-state index in [-0.39, 0.29) is 11.5 Å². The summed E-state index contributed by atoms with van der Waals surface area (Å²) in [6.45, 7) is 9.54. The molecule has 0 radical (unpaired) electrons. The molecule has 0 aromatic carbocycles. The number of anilines is 1. The Morgan fingerprint density at radius 2 is 2.07 bits per heavy atom. The summed E-state index contributed by atoms with van der Waals surface area (Å²) in [6.07, 6.45) is 5.34. The normalized spacial score (nSPS) is 17.0. The van der Waals surface area contributed by atoms with Crippen LogP contribution in [0.2, 0.25) is 5.02 Å². The predicted octanol–water partition coefficient (Wildman–Crippen LogP) is 2.99. The van der Waals surface area contributed by atoms with E-state index in [1.54, 1.807) is 23.8 Å². The number of nitrogen functional groups attached to an aromatic ring is 1. The molecule has 0 atom stereocenters. The second-order valence-electron chi connectivity index (χ2n) is 8.50. The minimum Gasteiger partial charge on any atom is -0.384 e. The van der Waals surface area contributed by atoms with Gasteiger partial charge >= 0.3 is 0 Å². The smallest absolute Gasteiger partial charge is 0.259 e. The van der Waals surface area contributed by atoms with Gasteiger partial charge in [-0.1, -0.05) is 11.6 Å². The molecule has 0 saturated carbocycles. The molecule has 1 aliphatic heterocycles. The third kappa shape index (κ3) is 4.26. The van der Waals surface area contributed by atoms with E-state index in [9.17, 15) is 4.79 Å². The van der Waals surface area contributed by atoms with Gasteiger partial charge in [0.1, 0.15) is 18.0 Å². The minimum absolute atomic E-state index is 0.184. The van der Waals surface area contributed by atoms with Crippen LogP contribution in [-0.2, 0) is 4.74 Å². The van der Waals surface area contributed by atoms with Gasteiger partial charge in [0, 0.05) is 13.3 Å². The maximum absolute atomic E-state index is 13.0. The quantitative estimate of drug-likeness (QED) is 0.720. The topological polar surface area (TPSA) is 81.6 Å². The third-order valence-corrected chi connectivity index (χ3v) is 6.00. The molecule has 7 nitrogen and oxygen atoms in total. The zero-order valence-electron chi connectivity index (χ0n) is 17.2.